The minimum absolute atomic E-state index is 0.0501. The molecule has 1 aliphatic carbocycles. The van der Waals surface area contributed by atoms with E-state index in [1.807, 2.05) is 0 Å². The number of benzene rings is 1. The fourth-order valence-electron chi connectivity index (χ4n) is 4.12. The first-order valence-electron chi connectivity index (χ1n) is 7.84. The molecule has 110 valence electrons. The molecule has 3 heteroatoms. The predicted octanol–water partition coefficient (Wildman–Crippen LogP) is 4.83. The van der Waals surface area contributed by atoms with Gasteiger partial charge in [-0.05, 0) is 50.8 Å². The summed E-state index contributed by atoms with van der Waals surface area (Å²) >= 11 is 3.58. The highest BCUT2D eigenvalue weighted by Crippen LogP contribution is 2.49. The fourth-order valence-corrected chi connectivity index (χ4v) is 4.46. The number of hydrogen-bond donors (Lipinski definition) is 1. The summed E-state index contributed by atoms with van der Waals surface area (Å²) in [5, 5.41) is 3.50. The van der Waals surface area contributed by atoms with Crippen LogP contribution in [0.1, 0.15) is 57.1 Å². The van der Waals surface area contributed by atoms with Crippen LogP contribution in [0.5, 0.6) is 5.75 Å². The maximum absolute atomic E-state index is 6.61. The number of nitrogens with one attached hydrogen (secondary N) is 1. The van der Waals surface area contributed by atoms with Gasteiger partial charge in [0.1, 0.15) is 11.4 Å². The third kappa shape index (κ3) is 2.39. The number of hydrogen-bond acceptors (Lipinski definition) is 2. The van der Waals surface area contributed by atoms with Gasteiger partial charge in [0, 0.05) is 22.5 Å². The van der Waals surface area contributed by atoms with Crippen molar-refractivity contribution >= 4 is 15.9 Å². The van der Waals surface area contributed by atoms with Crippen LogP contribution in [0, 0.1) is 5.92 Å². The fraction of sp³-hybridized carbons (Fsp3) is 0.647. The molecular weight excluding hydrogens is 314 g/mol. The first-order chi connectivity index (χ1) is 9.68. The Morgan fingerprint density at radius 1 is 1.40 bits per heavy atom. The summed E-state index contributed by atoms with van der Waals surface area (Å²) in [6, 6.07) is 6.86. The summed E-state index contributed by atoms with van der Waals surface area (Å²) in [5.74, 6) is 1.77. The molecule has 3 atom stereocenters. The highest BCUT2D eigenvalue weighted by Gasteiger charge is 2.46. The molecule has 0 bridgehead atoms. The van der Waals surface area contributed by atoms with Crippen LogP contribution >= 0.6 is 15.9 Å². The van der Waals surface area contributed by atoms with Crippen molar-refractivity contribution in [2.75, 3.05) is 7.05 Å². The van der Waals surface area contributed by atoms with Crippen LogP contribution < -0.4 is 10.1 Å². The SMILES string of the molecule is CCC1CCCCC12CC(NC)c1ccc(Br)cc1O2. The molecule has 20 heavy (non-hydrogen) atoms. The maximum Gasteiger partial charge on any atom is 0.126 e. The Balaban J connectivity index is 2.00. The molecule has 0 aromatic heterocycles. The van der Waals surface area contributed by atoms with Crippen LogP contribution in [0.2, 0.25) is 0 Å². The standard InChI is InChI=1S/C17H24BrNO/c1-3-12-6-4-5-9-17(12)11-15(19-2)14-8-7-13(18)10-16(14)20-17/h7-8,10,12,15,19H,3-6,9,11H2,1-2H3. The van der Waals surface area contributed by atoms with Gasteiger partial charge in [-0.3, -0.25) is 0 Å². The largest absolute Gasteiger partial charge is 0.487 e. The third-order valence-electron chi connectivity index (χ3n) is 5.20. The Kier molecular flexibility index (Phi) is 4.09. The molecule has 1 spiro atoms. The molecular formula is C17H24BrNO. The zero-order valence-corrected chi connectivity index (χ0v) is 14.0. The van der Waals surface area contributed by atoms with E-state index in [1.165, 1.54) is 37.7 Å². The van der Waals surface area contributed by atoms with Crippen molar-refractivity contribution in [3.05, 3.63) is 28.2 Å². The second-order valence-electron chi connectivity index (χ2n) is 6.25. The number of fused-ring (bicyclic) bond motifs is 1. The van der Waals surface area contributed by atoms with Crippen molar-refractivity contribution in [1.82, 2.24) is 5.32 Å². The lowest BCUT2D eigenvalue weighted by atomic mass is 9.69. The van der Waals surface area contributed by atoms with E-state index in [-0.39, 0.29) is 5.60 Å². The van der Waals surface area contributed by atoms with Crippen molar-refractivity contribution in [3.63, 3.8) is 0 Å². The topological polar surface area (TPSA) is 21.3 Å². The molecule has 1 aromatic rings. The summed E-state index contributed by atoms with van der Waals surface area (Å²) in [4.78, 5) is 0. The van der Waals surface area contributed by atoms with Gasteiger partial charge in [-0.15, -0.1) is 0 Å². The van der Waals surface area contributed by atoms with Crippen molar-refractivity contribution in [1.29, 1.82) is 0 Å². The van der Waals surface area contributed by atoms with E-state index in [4.69, 9.17) is 4.74 Å². The zero-order chi connectivity index (χ0) is 14.2. The first kappa shape index (κ1) is 14.4. The van der Waals surface area contributed by atoms with Crippen LogP contribution in [0.15, 0.2) is 22.7 Å². The van der Waals surface area contributed by atoms with Crippen molar-refractivity contribution < 1.29 is 4.74 Å². The molecule has 3 unspecified atom stereocenters. The van der Waals surface area contributed by atoms with Crippen LogP contribution in [0.3, 0.4) is 0 Å². The summed E-state index contributed by atoms with van der Waals surface area (Å²) in [7, 11) is 2.07. The zero-order valence-electron chi connectivity index (χ0n) is 12.4. The van der Waals surface area contributed by atoms with Gasteiger partial charge in [-0.25, -0.2) is 0 Å². The minimum Gasteiger partial charge on any atom is -0.487 e. The molecule has 1 fully saturated rings. The second-order valence-corrected chi connectivity index (χ2v) is 7.16. The molecule has 2 nitrogen and oxygen atoms in total. The van der Waals surface area contributed by atoms with E-state index < -0.39 is 0 Å². The molecule has 1 heterocycles. The average molecular weight is 338 g/mol. The van der Waals surface area contributed by atoms with Crippen LogP contribution in [0.25, 0.3) is 0 Å². The molecule has 0 amide bonds. The van der Waals surface area contributed by atoms with Crippen LogP contribution in [-0.4, -0.2) is 12.6 Å². The summed E-state index contributed by atoms with van der Waals surface area (Å²) in [6.45, 7) is 2.31. The van der Waals surface area contributed by atoms with Crippen LogP contribution in [0.4, 0.5) is 0 Å². The van der Waals surface area contributed by atoms with E-state index >= 15 is 0 Å². The van der Waals surface area contributed by atoms with Gasteiger partial charge >= 0.3 is 0 Å². The van der Waals surface area contributed by atoms with Gasteiger partial charge in [0.25, 0.3) is 0 Å². The second kappa shape index (κ2) is 5.69. The van der Waals surface area contributed by atoms with Crippen LogP contribution in [-0.2, 0) is 0 Å². The third-order valence-corrected chi connectivity index (χ3v) is 5.69. The van der Waals surface area contributed by atoms with Crippen molar-refractivity contribution in [3.8, 4) is 5.75 Å². The molecule has 1 N–H and O–H groups in total. The molecule has 2 aliphatic rings. The van der Waals surface area contributed by atoms with E-state index in [0.717, 1.165) is 16.6 Å². The van der Waals surface area contributed by atoms with Gasteiger partial charge in [0.05, 0.1) is 0 Å². The lowest BCUT2D eigenvalue weighted by molar-refractivity contribution is -0.0518. The quantitative estimate of drug-likeness (QED) is 0.834. The van der Waals surface area contributed by atoms with E-state index in [0.29, 0.717) is 12.0 Å². The minimum atomic E-state index is 0.0501. The predicted molar refractivity (Wildman–Crippen MR) is 86.2 cm³/mol. The Hall–Kier alpha value is -0.540. The smallest absolute Gasteiger partial charge is 0.126 e. The van der Waals surface area contributed by atoms with Crippen molar-refractivity contribution in [2.45, 2.75) is 57.1 Å². The lowest BCUT2D eigenvalue weighted by Gasteiger charge is -2.49. The van der Waals surface area contributed by atoms with Gasteiger partial charge < -0.3 is 10.1 Å². The molecule has 1 aliphatic heterocycles. The normalized spacial score (nSPS) is 32.8. The van der Waals surface area contributed by atoms with Gasteiger partial charge in [-0.2, -0.15) is 0 Å². The summed E-state index contributed by atoms with van der Waals surface area (Å²) < 4.78 is 7.71. The molecule has 0 saturated heterocycles. The Morgan fingerprint density at radius 2 is 2.25 bits per heavy atom. The number of rotatable bonds is 2. The number of ether oxygens (including phenoxy) is 1. The molecule has 0 radical (unpaired) electrons. The molecule has 3 rings (SSSR count). The molecule has 1 saturated carbocycles. The summed E-state index contributed by atoms with van der Waals surface area (Å²) in [5.41, 5.74) is 1.36. The molecule has 1 aromatic carbocycles. The Labute approximate surface area is 130 Å². The number of halogens is 1. The monoisotopic (exact) mass is 337 g/mol. The maximum atomic E-state index is 6.61. The van der Waals surface area contributed by atoms with Gasteiger partial charge in [-0.1, -0.05) is 35.3 Å². The summed E-state index contributed by atoms with van der Waals surface area (Å²) in [6.07, 6.45) is 7.51. The lowest BCUT2D eigenvalue weighted by Crippen LogP contribution is -2.50. The van der Waals surface area contributed by atoms with E-state index in [2.05, 4.69) is 53.4 Å². The van der Waals surface area contributed by atoms with Gasteiger partial charge in [0.2, 0.25) is 0 Å². The average Bonchev–Trinajstić information content (AvgIpc) is 2.46. The van der Waals surface area contributed by atoms with Crippen molar-refractivity contribution in [2.24, 2.45) is 5.92 Å². The van der Waals surface area contributed by atoms with E-state index in [9.17, 15) is 0 Å². The first-order valence-corrected chi connectivity index (χ1v) is 8.63. The Morgan fingerprint density at radius 3 is 3.00 bits per heavy atom. The highest BCUT2D eigenvalue weighted by molar-refractivity contribution is 9.10. The Bertz CT molecular complexity index is 490. The van der Waals surface area contributed by atoms with E-state index in [1.54, 1.807) is 0 Å². The highest BCUT2D eigenvalue weighted by atomic mass is 79.9. The van der Waals surface area contributed by atoms with Gasteiger partial charge in [0.15, 0.2) is 0 Å².